The van der Waals surface area contributed by atoms with Crippen molar-refractivity contribution in [2.75, 3.05) is 19.6 Å². The van der Waals surface area contributed by atoms with Crippen LogP contribution in [0.15, 0.2) is 24.3 Å². The fourth-order valence-corrected chi connectivity index (χ4v) is 4.48. The van der Waals surface area contributed by atoms with E-state index in [1.807, 2.05) is 24.3 Å². The average molecular weight is 335 g/mol. The first-order chi connectivity index (χ1) is 11.2. The molecule has 0 spiro atoms. The molecule has 1 N–H and O–H groups in total. The third-order valence-corrected chi connectivity index (χ3v) is 5.85. The Kier molecular flexibility index (Phi) is 3.98. The zero-order valence-electron chi connectivity index (χ0n) is 13.3. The molecule has 0 aromatic heterocycles. The number of hydrogen-bond donors (Lipinski definition) is 1. The van der Waals surface area contributed by atoms with Gasteiger partial charge in [-0.15, -0.1) is 0 Å². The Morgan fingerprint density at radius 3 is 2.57 bits per heavy atom. The molecule has 1 aromatic rings. The van der Waals surface area contributed by atoms with E-state index in [1.54, 1.807) is 0 Å². The third-order valence-electron chi connectivity index (χ3n) is 5.60. The number of halogens is 1. The lowest BCUT2D eigenvalue weighted by atomic mass is 9.89. The van der Waals surface area contributed by atoms with Crippen molar-refractivity contribution < 1.29 is 9.53 Å². The first-order valence-electron chi connectivity index (χ1n) is 8.63. The number of benzene rings is 1. The summed E-state index contributed by atoms with van der Waals surface area (Å²) < 4.78 is 6.29. The Balaban J connectivity index is 1.58. The highest BCUT2D eigenvalue weighted by molar-refractivity contribution is 6.30. The summed E-state index contributed by atoms with van der Waals surface area (Å²) in [5, 5.41) is 4.02. The SMILES string of the molecule is O=C(N1C[C@H]2CC[C@H]1C2)C1(Oc2ccc(Cl)cc2)CCNCC1. The number of nitrogens with zero attached hydrogens (tertiary/aromatic N) is 1. The van der Waals surface area contributed by atoms with Crippen molar-refractivity contribution in [3.63, 3.8) is 0 Å². The first kappa shape index (κ1) is 15.3. The number of ether oxygens (including phenoxy) is 1. The van der Waals surface area contributed by atoms with Gasteiger partial charge in [-0.05, 0) is 62.5 Å². The minimum absolute atomic E-state index is 0.196. The number of carbonyl (C=O) groups is 1. The van der Waals surface area contributed by atoms with Gasteiger partial charge in [0.2, 0.25) is 0 Å². The molecule has 2 bridgehead atoms. The molecule has 1 aliphatic carbocycles. The second-order valence-electron chi connectivity index (χ2n) is 7.09. The molecule has 4 rings (SSSR count). The fraction of sp³-hybridized carbons (Fsp3) is 0.611. The molecule has 124 valence electrons. The van der Waals surface area contributed by atoms with Gasteiger partial charge < -0.3 is 15.0 Å². The Hall–Kier alpha value is -1.26. The molecule has 2 aliphatic heterocycles. The van der Waals surface area contributed by atoms with Gasteiger partial charge in [0, 0.05) is 30.5 Å². The van der Waals surface area contributed by atoms with Crippen molar-refractivity contribution in [2.24, 2.45) is 5.92 Å². The highest BCUT2D eigenvalue weighted by Gasteiger charge is 2.50. The number of likely N-dealkylation sites (tertiary alicyclic amines) is 1. The van der Waals surface area contributed by atoms with Crippen molar-refractivity contribution in [3.05, 3.63) is 29.3 Å². The predicted octanol–water partition coefficient (Wildman–Crippen LogP) is 2.85. The third kappa shape index (κ3) is 2.83. The minimum atomic E-state index is -0.719. The first-order valence-corrected chi connectivity index (χ1v) is 9.00. The summed E-state index contributed by atoms with van der Waals surface area (Å²) in [6.45, 7) is 2.56. The van der Waals surface area contributed by atoms with Crippen LogP contribution in [0.3, 0.4) is 0 Å². The summed E-state index contributed by atoms with van der Waals surface area (Å²) >= 11 is 5.96. The van der Waals surface area contributed by atoms with Crippen LogP contribution >= 0.6 is 11.6 Å². The molecule has 1 aromatic carbocycles. The second kappa shape index (κ2) is 5.99. The number of amides is 1. The van der Waals surface area contributed by atoms with Gasteiger partial charge in [-0.1, -0.05) is 11.6 Å². The summed E-state index contributed by atoms with van der Waals surface area (Å²) in [4.78, 5) is 15.4. The van der Waals surface area contributed by atoms with E-state index in [9.17, 15) is 4.79 Å². The maximum absolute atomic E-state index is 13.3. The summed E-state index contributed by atoms with van der Waals surface area (Å²) in [6, 6.07) is 7.78. The van der Waals surface area contributed by atoms with Gasteiger partial charge in [-0.25, -0.2) is 0 Å². The summed E-state index contributed by atoms with van der Waals surface area (Å²) in [5.41, 5.74) is -0.719. The van der Waals surface area contributed by atoms with Gasteiger partial charge in [-0.2, -0.15) is 0 Å². The molecule has 3 fully saturated rings. The van der Waals surface area contributed by atoms with Crippen LogP contribution < -0.4 is 10.1 Å². The summed E-state index contributed by atoms with van der Waals surface area (Å²) in [6.07, 6.45) is 5.07. The van der Waals surface area contributed by atoms with Gasteiger partial charge in [0.15, 0.2) is 5.60 Å². The van der Waals surface area contributed by atoms with Crippen LogP contribution in [0, 0.1) is 5.92 Å². The molecule has 2 heterocycles. The van der Waals surface area contributed by atoms with Crippen LogP contribution in [0.2, 0.25) is 5.02 Å². The average Bonchev–Trinajstić information content (AvgIpc) is 3.20. The van der Waals surface area contributed by atoms with E-state index in [4.69, 9.17) is 16.3 Å². The molecule has 1 amide bonds. The Bertz CT molecular complexity index is 583. The standard InChI is InChI=1S/C18H23ClN2O2/c19-14-2-5-16(6-3-14)23-18(7-9-20-10-8-18)17(22)21-12-13-1-4-15(21)11-13/h2-3,5-6,13,15,20H,1,4,7-12H2/t13-,15-/m0/s1. The molecule has 1 saturated carbocycles. The summed E-state index contributed by atoms with van der Waals surface area (Å²) in [5.74, 6) is 1.63. The number of fused-ring (bicyclic) bond motifs is 2. The zero-order chi connectivity index (χ0) is 15.9. The highest BCUT2D eigenvalue weighted by Crippen LogP contribution is 2.40. The minimum Gasteiger partial charge on any atom is -0.477 e. The molecule has 4 nitrogen and oxygen atoms in total. The molecule has 0 radical (unpaired) electrons. The molecule has 3 aliphatic rings. The molecule has 2 saturated heterocycles. The predicted molar refractivity (Wildman–Crippen MR) is 89.8 cm³/mol. The lowest BCUT2D eigenvalue weighted by molar-refractivity contribution is -0.152. The van der Waals surface area contributed by atoms with Gasteiger partial charge >= 0.3 is 0 Å². The van der Waals surface area contributed by atoms with E-state index in [-0.39, 0.29) is 5.91 Å². The Labute approximate surface area is 142 Å². The van der Waals surface area contributed by atoms with Crippen molar-refractivity contribution in [1.29, 1.82) is 0 Å². The number of piperidine rings is 2. The number of carbonyl (C=O) groups excluding carboxylic acids is 1. The van der Waals surface area contributed by atoms with Gasteiger partial charge in [0.1, 0.15) is 5.75 Å². The van der Waals surface area contributed by atoms with E-state index < -0.39 is 5.60 Å². The maximum atomic E-state index is 13.3. The normalized spacial score (nSPS) is 28.8. The van der Waals surface area contributed by atoms with E-state index in [2.05, 4.69) is 10.2 Å². The van der Waals surface area contributed by atoms with E-state index in [0.717, 1.165) is 44.6 Å². The quantitative estimate of drug-likeness (QED) is 0.924. The van der Waals surface area contributed by atoms with Crippen LogP contribution in [0.25, 0.3) is 0 Å². The Morgan fingerprint density at radius 1 is 1.22 bits per heavy atom. The van der Waals surface area contributed by atoms with E-state index in [1.165, 1.54) is 12.8 Å². The van der Waals surface area contributed by atoms with E-state index in [0.29, 0.717) is 17.0 Å². The smallest absolute Gasteiger partial charge is 0.267 e. The van der Waals surface area contributed by atoms with Crippen LogP contribution in [0.1, 0.15) is 32.1 Å². The lowest BCUT2D eigenvalue weighted by Crippen LogP contribution is -2.59. The second-order valence-corrected chi connectivity index (χ2v) is 7.53. The Morgan fingerprint density at radius 2 is 1.96 bits per heavy atom. The molecule has 0 unspecified atom stereocenters. The van der Waals surface area contributed by atoms with Crippen LogP contribution in [0.5, 0.6) is 5.75 Å². The maximum Gasteiger partial charge on any atom is 0.267 e. The van der Waals surface area contributed by atoms with Crippen LogP contribution in [-0.2, 0) is 4.79 Å². The monoisotopic (exact) mass is 334 g/mol. The fourth-order valence-electron chi connectivity index (χ4n) is 4.35. The van der Waals surface area contributed by atoms with Crippen molar-refractivity contribution in [2.45, 2.75) is 43.7 Å². The molecule has 23 heavy (non-hydrogen) atoms. The number of rotatable bonds is 3. The summed E-state index contributed by atoms with van der Waals surface area (Å²) in [7, 11) is 0. The topological polar surface area (TPSA) is 41.6 Å². The van der Waals surface area contributed by atoms with Gasteiger partial charge in [0.05, 0.1) is 0 Å². The molecular weight excluding hydrogens is 312 g/mol. The number of hydrogen-bond acceptors (Lipinski definition) is 3. The van der Waals surface area contributed by atoms with E-state index >= 15 is 0 Å². The van der Waals surface area contributed by atoms with Crippen LogP contribution in [-0.4, -0.2) is 42.1 Å². The van der Waals surface area contributed by atoms with Crippen molar-refractivity contribution in [3.8, 4) is 5.75 Å². The largest absolute Gasteiger partial charge is 0.477 e. The highest BCUT2D eigenvalue weighted by atomic mass is 35.5. The molecular formula is C18H23ClN2O2. The van der Waals surface area contributed by atoms with Crippen LogP contribution in [0.4, 0.5) is 0 Å². The van der Waals surface area contributed by atoms with Gasteiger partial charge in [-0.3, -0.25) is 4.79 Å². The zero-order valence-corrected chi connectivity index (χ0v) is 14.0. The lowest BCUT2D eigenvalue weighted by Gasteiger charge is -2.41. The number of nitrogens with one attached hydrogen (secondary N) is 1. The van der Waals surface area contributed by atoms with Crippen molar-refractivity contribution in [1.82, 2.24) is 10.2 Å². The molecule has 2 atom stereocenters. The van der Waals surface area contributed by atoms with Gasteiger partial charge in [0.25, 0.3) is 5.91 Å². The molecule has 5 heteroatoms. The van der Waals surface area contributed by atoms with Crippen molar-refractivity contribution >= 4 is 17.5 Å².